The van der Waals surface area contributed by atoms with Crippen molar-refractivity contribution in [1.82, 2.24) is 8.94 Å². The molecule has 0 aliphatic heterocycles. The molecular formula is C15H11F2N3S. The molecule has 2 aromatic carbocycles. The summed E-state index contributed by atoms with van der Waals surface area (Å²) in [5, 5.41) is 0. The van der Waals surface area contributed by atoms with Crippen molar-refractivity contribution in [1.29, 1.82) is 0 Å². The summed E-state index contributed by atoms with van der Waals surface area (Å²) >= 11 is 1.34. The number of aromatic nitrogens is 2. The van der Waals surface area contributed by atoms with E-state index in [1.165, 1.54) is 17.6 Å². The Labute approximate surface area is 124 Å². The first-order valence-electron chi connectivity index (χ1n) is 6.23. The van der Waals surface area contributed by atoms with Crippen LogP contribution in [0.3, 0.4) is 0 Å². The molecular weight excluding hydrogens is 292 g/mol. The predicted octanol–water partition coefficient (Wildman–Crippen LogP) is 3.41. The van der Waals surface area contributed by atoms with E-state index in [4.69, 9.17) is 0 Å². The molecule has 3 rings (SSSR count). The number of halogens is 2. The summed E-state index contributed by atoms with van der Waals surface area (Å²) in [5.41, 5.74) is 1.40. The van der Waals surface area contributed by atoms with Crippen molar-refractivity contribution in [3.63, 3.8) is 0 Å². The Morgan fingerprint density at radius 3 is 2.48 bits per heavy atom. The molecule has 0 N–H and O–H groups in total. The topological polar surface area (TPSA) is 30.2 Å². The molecule has 21 heavy (non-hydrogen) atoms. The highest BCUT2D eigenvalue weighted by molar-refractivity contribution is 7.04. The fourth-order valence-corrected chi connectivity index (χ4v) is 2.76. The summed E-state index contributed by atoms with van der Waals surface area (Å²) in [6.45, 7) is 0. The van der Waals surface area contributed by atoms with Gasteiger partial charge in [-0.1, -0.05) is 18.2 Å². The largest absolute Gasteiger partial charge is 0.260 e. The first-order valence-corrected chi connectivity index (χ1v) is 7.00. The fraction of sp³-hybridized carbons (Fsp3) is 0.0667. The maximum Gasteiger partial charge on any atom is 0.222 e. The fourth-order valence-electron chi connectivity index (χ4n) is 1.93. The molecule has 0 saturated carbocycles. The van der Waals surface area contributed by atoms with Gasteiger partial charge in [0.15, 0.2) is 17.5 Å². The van der Waals surface area contributed by atoms with E-state index in [-0.39, 0.29) is 0 Å². The van der Waals surface area contributed by atoms with Crippen molar-refractivity contribution in [3.8, 4) is 17.1 Å². The minimum atomic E-state index is -0.893. The van der Waals surface area contributed by atoms with E-state index in [0.29, 0.717) is 16.2 Å². The summed E-state index contributed by atoms with van der Waals surface area (Å²) in [6.07, 6.45) is 0. The molecule has 0 bridgehead atoms. The minimum absolute atomic E-state index is 0.504. The summed E-state index contributed by atoms with van der Waals surface area (Å²) < 4.78 is 28.4. The number of hydrogen-bond acceptors (Lipinski definition) is 3. The minimum Gasteiger partial charge on any atom is -0.260 e. The van der Waals surface area contributed by atoms with E-state index < -0.39 is 11.6 Å². The molecule has 0 unspecified atom stereocenters. The zero-order chi connectivity index (χ0) is 14.8. The molecule has 0 saturated heterocycles. The standard InChI is InChI=1S/C15H11F2N3S/c1-18-15-19-14(10-7-8-12(16)13(17)9-10)20(21-15)11-5-3-2-4-6-11/h2-9H,1H3. The first kappa shape index (κ1) is 13.6. The molecule has 0 aliphatic carbocycles. The van der Waals surface area contributed by atoms with Crippen LogP contribution in [0.15, 0.2) is 53.5 Å². The molecule has 0 radical (unpaired) electrons. The van der Waals surface area contributed by atoms with Gasteiger partial charge in [0.1, 0.15) is 0 Å². The molecule has 106 valence electrons. The Morgan fingerprint density at radius 2 is 1.81 bits per heavy atom. The van der Waals surface area contributed by atoms with Crippen molar-refractivity contribution in [2.24, 2.45) is 4.99 Å². The zero-order valence-corrected chi connectivity index (χ0v) is 11.9. The van der Waals surface area contributed by atoms with Crippen LogP contribution in [0.5, 0.6) is 0 Å². The number of rotatable bonds is 2. The van der Waals surface area contributed by atoms with Gasteiger partial charge in [0, 0.05) is 12.6 Å². The second-order valence-corrected chi connectivity index (χ2v) is 5.20. The van der Waals surface area contributed by atoms with Crippen LogP contribution >= 0.6 is 11.5 Å². The van der Waals surface area contributed by atoms with Gasteiger partial charge in [-0.15, -0.1) is 0 Å². The number of hydrogen-bond donors (Lipinski definition) is 0. The first-order chi connectivity index (χ1) is 10.2. The number of benzene rings is 2. The maximum atomic E-state index is 13.5. The second-order valence-electron chi connectivity index (χ2n) is 4.29. The van der Waals surface area contributed by atoms with Gasteiger partial charge in [-0.05, 0) is 41.9 Å². The molecule has 3 nitrogen and oxygen atoms in total. The summed E-state index contributed by atoms with van der Waals surface area (Å²) in [5.74, 6) is -1.23. The average molecular weight is 303 g/mol. The van der Waals surface area contributed by atoms with E-state index in [1.807, 2.05) is 34.3 Å². The van der Waals surface area contributed by atoms with Gasteiger partial charge in [-0.3, -0.25) is 4.99 Å². The smallest absolute Gasteiger partial charge is 0.222 e. The van der Waals surface area contributed by atoms with Gasteiger partial charge < -0.3 is 0 Å². The lowest BCUT2D eigenvalue weighted by Crippen LogP contribution is -1.97. The van der Waals surface area contributed by atoms with Crippen LogP contribution in [0.1, 0.15) is 0 Å². The lowest BCUT2D eigenvalue weighted by Gasteiger charge is -2.06. The molecule has 6 heteroatoms. The maximum absolute atomic E-state index is 13.5. The highest BCUT2D eigenvalue weighted by Gasteiger charge is 2.12. The van der Waals surface area contributed by atoms with Gasteiger partial charge >= 0.3 is 0 Å². The molecule has 3 aromatic rings. The zero-order valence-electron chi connectivity index (χ0n) is 11.1. The van der Waals surface area contributed by atoms with Crippen LogP contribution in [0.25, 0.3) is 17.1 Å². The Bertz CT molecular complexity index is 838. The predicted molar refractivity (Wildman–Crippen MR) is 78.3 cm³/mol. The van der Waals surface area contributed by atoms with Gasteiger partial charge in [0.05, 0.1) is 5.69 Å². The molecule has 0 amide bonds. The monoisotopic (exact) mass is 303 g/mol. The van der Waals surface area contributed by atoms with Crippen LogP contribution in [-0.2, 0) is 0 Å². The number of para-hydroxylation sites is 1. The second kappa shape index (κ2) is 5.57. The Morgan fingerprint density at radius 1 is 1.05 bits per heavy atom. The van der Waals surface area contributed by atoms with Crippen molar-refractivity contribution in [2.75, 3.05) is 7.05 Å². The highest BCUT2D eigenvalue weighted by Crippen LogP contribution is 2.23. The summed E-state index contributed by atoms with van der Waals surface area (Å²) in [4.78, 5) is 9.00. The Kier molecular flexibility index (Phi) is 3.62. The molecule has 1 aromatic heterocycles. The lowest BCUT2D eigenvalue weighted by atomic mass is 10.2. The average Bonchev–Trinajstić information content (AvgIpc) is 2.95. The molecule has 1 heterocycles. The van der Waals surface area contributed by atoms with E-state index >= 15 is 0 Å². The third-order valence-electron chi connectivity index (χ3n) is 2.93. The van der Waals surface area contributed by atoms with Gasteiger partial charge in [-0.25, -0.2) is 12.7 Å². The third kappa shape index (κ3) is 2.62. The van der Waals surface area contributed by atoms with Crippen LogP contribution in [0.4, 0.5) is 8.78 Å². The van der Waals surface area contributed by atoms with Gasteiger partial charge in [0.25, 0.3) is 0 Å². The lowest BCUT2D eigenvalue weighted by molar-refractivity contribution is 0.509. The van der Waals surface area contributed by atoms with Gasteiger partial charge in [-0.2, -0.15) is 4.98 Å². The highest BCUT2D eigenvalue weighted by atomic mass is 32.1. The van der Waals surface area contributed by atoms with E-state index in [0.717, 1.165) is 17.8 Å². The van der Waals surface area contributed by atoms with Gasteiger partial charge in [0.2, 0.25) is 4.80 Å². The SMILES string of the molecule is CN=c1nc(-c2ccc(F)c(F)c2)n(-c2ccccc2)s1. The van der Waals surface area contributed by atoms with Crippen molar-refractivity contribution >= 4 is 11.5 Å². The van der Waals surface area contributed by atoms with E-state index in [1.54, 1.807) is 7.05 Å². The molecule has 0 atom stereocenters. The van der Waals surface area contributed by atoms with Crippen molar-refractivity contribution in [2.45, 2.75) is 0 Å². The summed E-state index contributed by atoms with van der Waals surface area (Å²) in [6, 6.07) is 13.3. The van der Waals surface area contributed by atoms with Crippen LogP contribution in [-0.4, -0.2) is 16.0 Å². The van der Waals surface area contributed by atoms with Crippen LogP contribution < -0.4 is 4.80 Å². The normalized spacial score (nSPS) is 11.9. The van der Waals surface area contributed by atoms with E-state index in [2.05, 4.69) is 9.98 Å². The molecule has 0 fully saturated rings. The quantitative estimate of drug-likeness (QED) is 0.713. The van der Waals surface area contributed by atoms with Crippen molar-refractivity contribution in [3.05, 3.63) is 65.0 Å². The Hall–Kier alpha value is -2.34. The van der Waals surface area contributed by atoms with Crippen LogP contribution in [0.2, 0.25) is 0 Å². The third-order valence-corrected chi connectivity index (χ3v) is 3.93. The van der Waals surface area contributed by atoms with Crippen molar-refractivity contribution < 1.29 is 8.78 Å². The summed E-state index contributed by atoms with van der Waals surface area (Å²) in [7, 11) is 1.64. The van der Waals surface area contributed by atoms with Crippen LogP contribution in [0, 0.1) is 11.6 Å². The number of nitrogens with zero attached hydrogens (tertiary/aromatic N) is 3. The molecule has 0 aliphatic rings. The Balaban J connectivity index is 2.22. The van der Waals surface area contributed by atoms with E-state index in [9.17, 15) is 8.78 Å². The molecule has 0 spiro atoms.